The van der Waals surface area contributed by atoms with E-state index in [1.807, 2.05) is 29.9 Å². The van der Waals surface area contributed by atoms with Crippen LogP contribution in [0.15, 0.2) is 43.0 Å². The number of anilines is 2. The van der Waals surface area contributed by atoms with Crippen LogP contribution in [0, 0.1) is 0 Å². The van der Waals surface area contributed by atoms with Gasteiger partial charge in [-0.05, 0) is 12.1 Å². The van der Waals surface area contributed by atoms with Crippen molar-refractivity contribution >= 4 is 17.2 Å². The Morgan fingerprint density at radius 2 is 2.32 bits per heavy atom. The molecule has 0 aliphatic rings. The number of hydrogen-bond acceptors (Lipinski definition) is 4. The molecule has 0 fully saturated rings. The lowest BCUT2D eigenvalue weighted by Gasteiger charge is -2.07. The maximum Gasteiger partial charge on any atom is 0.180 e. The maximum absolute atomic E-state index is 5.80. The minimum atomic E-state index is 0.578. The Kier molecular flexibility index (Phi) is 2.75. The fraction of sp³-hybridized carbons (Fsp3) is 0.154. The minimum Gasteiger partial charge on any atom is -0.394 e. The lowest BCUT2D eigenvalue weighted by atomic mass is 10.3. The molecule has 0 radical (unpaired) electrons. The molecule has 3 rings (SSSR count). The first-order chi connectivity index (χ1) is 9.24. The van der Waals surface area contributed by atoms with Gasteiger partial charge in [-0.15, -0.1) is 0 Å². The van der Waals surface area contributed by atoms with Crippen LogP contribution in [0.25, 0.3) is 5.65 Å². The van der Waals surface area contributed by atoms with E-state index in [1.165, 1.54) is 5.56 Å². The molecule has 0 saturated heterocycles. The Bertz CT molecular complexity index is 718. The van der Waals surface area contributed by atoms with Crippen LogP contribution in [0.3, 0.4) is 0 Å². The molecule has 3 aromatic rings. The fourth-order valence-corrected chi connectivity index (χ4v) is 1.99. The summed E-state index contributed by atoms with van der Waals surface area (Å²) in [6.45, 7) is 0.716. The smallest absolute Gasteiger partial charge is 0.180 e. The van der Waals surface area contributed by atoms with Gasteiger partial charge in [0.2, 0.25) is 0 Å². The van der Waals surface area contributed by atoms with E-state index in [2.05, 4.69) is 27.7 Å². The lowest BCUT2D eigenvalue weighted by Crippen LogP contribution is -2.27. The Balaban J connectivity index is 1.86. The van der Waals surface area contributed by atoms with E-state index in [1.54, 1.807) is 16.9 Å². The number of aromatic nitrogens is 4. The summed E-state index contributed by atoms with van der Waals surface area (Å²) in [4.78, 5) is 4.20. The normalized spacial score (nSPS) is 10.8. The zero-order chi connectivity index (χ0) is 13.2. The number of fused-ring (bicyclic) bond motifs is 1. The standard InChI is InChI=1S/C13H15N6/c1-18-6-2-3-10(9-18)7-16-12-4-5-15-13-11(14)8-17-19(12)13/h2-6,8-9,16H,7,14H2,1H3/q+1. The number of rotatable bonds is 3. The molecule has 0 spiro atoms. The predicted molar refractivity (Wildman–Crippen MR) is 72.3 cm³/mol. The summed E-state index contributed by atoms with van der Waals surface area (Å²) < 4.78 is 3.73. The summed E-state index contributed by atoms with van der Waals surface area (Å²) in [5.41, 5.74) is 8.23. The maximum atomic E-state index is 5.80. The summed E-state index contributed by atoms with van der Waals surface area (Å²) in [5, 5.41) is 7.55. The number of hydrogen-bond donors (Lipinski definition) is 2. The topological polar surface area (TPSA) is 72.1 Å². The molecule has 0 bridgehead atoms. The molecule has 3 aromatic heterocycles. The van der Waals surface area contributed by atoms with Crippen molar-refractivity contribution in [3.05, 3.63) is 48.5 Å². The largest absolute Gasteiger partial charge is 0.394 e. The van der Waals surface area contributed by atoms with Gasteiger partial charge in [0.25, 0.3) is 0 Å². The average Bonchev–Trinajstić information content (AvgIpc) is 2.79. The monoisotopic (exact) mass is 255 g/mol. The van der Waals surface area contributed by atoms with Gasteiger partial charge in [-0.1, -0.05) is 0 Å². The zero-order valence-electron chi connectivity index (χ0n) is 10.6. The average molecular weight is 255 g/mol. The van der Waals surface area contributed by atoms with Gasteiger partial charge in [0.05, 0.1) is 11.9 Å². The van der Waals surface area contributed by atoms with Gasteiger partial charge in [0.15, 0.2) is 18.0 Å². The molecular formula is C13H15N6+. The second-order valence-corrected chi connectivity index (χ2v) is 4.40. The quantitative estimate of drug-likeness (QED) is 0.677. The molecule has 0 saturated carbocycles. The Labute approximate surface area is 110 Å². The van der Waals surface area contributed by atoms with Crippen LogP contribution in [0.4, 0.5) is 11.5 Å². The van der Waals surface area contributed by atoms with Gasteiger partial charge >= 0.3 is 0 Å². The predicted octanol–water partition coefficient (Wildman–Crippen LogP) is 0.748. The third kappa shape index (κ3) is 2.20. The van der Waals surface area contributed by atoms with Crippen molar-refractivity contribution in [2.75, 3.05) is 11.1 Å². The third-order valence-electron chi connectivity index (χ3n) is 2.90. The van der Waals surface area contributed by atoms with Gasteiger partial charge < -0.3 is 11.1 Å². The van der Waals surface area contributed by atoms with Crippen molar-refractivity contribution in [3.63, 3.8) is 0 Å². The molecule has 0 amide bonds. The van der Waals surface area contributed by atoms with Gasteiger partial charge in [0.1, 0.15) is 12.9 Å². The molecule has 3 N–H and O–H groups in total. The van der Waals surface area contributed by atoms with Gasteiger partial charge in [-0.25, -0.2) is 9.55 Å². The molecule has 0 aromatic carbocycles. The molecule has 0 unspecified atom stereocenters. The molecule has 0 aliphatic carbocycles. The number of nitrogen functional groups attached to an aromatic ring is 1. The number of nitrogens with two attached hydrogens (primary N) is 1. The lowest BCUT2D eigenvalue weighted by molar-refractivity contribution is -0.671. The van der Waals surface area contributed by atoms with Crippen molar-refractivity contribution in [1.82, 2.24) is 14.6 Å². The second-order valence-electron chi connectivity index (χ2n) is 4.40. The molecule has 0 aliphatic heterocycles. The van der Waals surface area contributed by atoms with E-state index in [0.29, 0.717) is 17.9 Å². The first-order valence-corrected chi connectivity index (χ1v) is 6.00. The SMILES string of the molecule is C[n+]1cccc(CNc2ccnc3c(N)cnn23)c1. The first kappa shape index (κ1) is 11.5. The minimum absolute atomic E-state index is 0.578. The van der Waals surface area contributed by atoms with E-state index < -0.39 is 0 Å². The molecule has 0 atom stereocenters. The van der Waals surface area contributed by atoms with E-state index in [9.17, 15) is 0 Å². The molecule has 6 nitrogen and oxygen atoms in total. The molecule has 19 heavy (non-hydrogen) atoms. The van der Waals surface area contributed by atoms with E-state index in [-0.39, 0.29) is 0 Å². The number of aryl methyl sites for hydroxylation is 1. The van der Waals surface area contributed by atoms with Crippen LogP contribution < -0.4 is 15.6 Å². The van der Waals surface area contributed by atoms with Crippen LogP contribution in [-0.4, -0.2) is 14.6 Å². The van der Waals surface area contributed by atoms with Crippen molar-refractivity contribution in [1.29, 1.82) is 0 Å². The van der Waals surface area contributed by atoms with Crippen LogP contribution in [0.1, 0.15) is 5.56 Å². The van der Waals surface area contributed by atoms with Crippen LogP contribution in [0.5, 0.6) is 0 Å². The Morgan fingerprint density at radius 1 is 1.42 bits per heavy atom. The number of pyridine rings is 1. The molecule has 6 heteroatoms. The molecular weight excluding hydrogens is 240 g/mol. The molecule has 96 valence electrons. The number of nitrogens with one attached hydrogen (secondary N) is 1. The highest BCUT2D eigenvalue weighted by Crippen LogP contribution is 2.15. The van der Waals surface area contributed by atoms with Gasteiger partial charge in [-0.2, -0.15) is 9.61 Å². The second kappa shape index (κ2) is 4.56. The highest BCUT2D eigenvalue weighted by molar-refractivity contribution is 5.65. The number of nitrogens with zero attached hydrogens (tertiary/aromatic N) is 4. The van der Waals surface area contributed by atoms with Crippen LogP contribution in [0.2, 0.25) is 0 Å². The highest BCUT2D eigenvalue weighted by atomic mass is 15.3. The van der Waals surface area contributed by atoms with Crippen LogP contribution >= 0.6 is 0 Å². The highest BCUT2D eigenvalue weighted by Gasteiger charge is 2.06. The third-order valence-corrected chi connectivity index (χ3v) is 2.90. The summed E-state index contributed by atoms with van der Waals surface area (Å²) in [7, 11) is 2.00. The van der Waals surface area contributed by atoms with Crippen molar-refractivity contribution < 1.29 is 4.57 Å². The summed E-state index contributed by atoms with van der Waals surface area (Å²) >= 11 is 0. The van der Waals surface area contributed by atoms with Crippen LogP contribution in [-0.2, 0) is 13.6 Å². The summed E-state index contributed by atoms with van der Waals surface area (Å²) in [6, 6.07) is 5.97. The van der Waals surface area contributed by atoms with Crippen molar-refractivity contribution in [3.8, 4) is 0 Å². The zero-order valence-corrected chi connectivity index (χ0v) is 10.6. The molecule has 3 heterocycles. The first-order valence-electron chi connectivity index (χ1n) is 6.00. The summed E-state index contributed by atoms with van der Waals surface area (Å²) in [6.07, 6.45) is 7.40. The van der Waals surface area contributed by atoms with E-state index in [0.717, 1.165) is 5.82 Å². The summed E-state index contributed by atoms with van der Waals surface area (Å²) in [5.74, 6) is 0.869. The Hall–Kier alpha value is -2.63. The van der Waals surface area contributed by atoms with E-state index in [4.69, 9.17) is 5.73 Å². The Morgan fingerprint density at radius 3 is 3.16 bits per heavy atom. The van der Waals surface area contributed by atoms with Crippen molar-refractivity contribution in [2.45, 2.75) is 6.54 Å². The fourth-order valence-electron chi connectivity index (χ4n) is 1.99. The van der Waals surface area contributed by atoms with Crippen molar-refractivity contribution in [2.24, 2.45) is 7.05 Å². The van der Waals surface area contributed by atoms with E-state index >= 15 is 0 Å². The van der Waals surface area contributed by atoms with Gasteiger partial charge in [0, 0.05) is 24.4 Å². The van der Waals surface area contributed by atoms with Gasteiger partial charge in [-0.3, -0.25) is 0 Å².